The maximum atomic E-state index is 11.6. The molecular formula is C12H22N2O4. The molecule has 0 aromatic carbocycles. The zero-order valence-electron chi connectivity index (χ0n) is 10.6. The Balaban J connectivity index is 2.17. The van der Waals surface area contributed by atoms with Crippen molar-refractivity contribution in [2.75, 3.05) is 26.2 Å². The lowest BCUT2D eigenvalue weighted by Crippen LogP contribution is -2.47. The summed E-state index contributed by atoms with van der Waals surface area (Å²) in [5.41, 5.74) is 0. The number of aliphatic hydroxyl groups is 1. The topological polar surface area (TPSA) is 89.9 Å². The molecular weight excluding hydrogens is 236 g/mol. The standard InChI is InChI=1S/C12H22N2O4/c15-8-7-14(10-3-1-4-10)9-11(16)13-6-2-5-12(17)18/h10,15H,1-9H2,(H,13,16)(H,17,18). The number of carbonyl (C=O) groups is 2. The van der Waals surface area contributed by atoms with Gasteiger partial charge in [0.1, 0.15) is 0 Å². The highest BCUT2D eigenvalue weighted by Gasteiger charge is 2.25. The number of amides is 1. The zero-order valence-corrected chi connectivity index (χ0v) is 10.6. The van der Waals surface area contributed by atoms with Crippen LogP contribution in [-0.2, 0) is 9.59 Å². The van der Waals surface area contributed by atoms with Crippen molar-refractivity contribution in [2.24, 2.45) is 0 Å². The normalized spacial score (nSPS) is 15.4. The second-order valence-corrected chi connectivity index (χ2v) is 4.63. The number of carboxylic acid groups (broad SMARTS) is 1. The van der Waals surface area contributed by atoms with E-state index in [2.05, 4.69) is 5.32 Å². The summed E-state index contributed by atoms with van der Waals surface area (Å²) in [4.78, 5) is 23.9. The molecule has 1 amide bonds. The van der Waals surface area contributed by atoms with E-state index < -0.39 is 5.97 Å². The first kappa shape index (κ1) is 14.9. The Morgan fingerprint density at radius 3 is 2.56 bits per heavy atom. The molecule has 0 spiro atoms. The zero-order chi connectivity index (χ0) is 13.4. The first-order chi connectivity index (χ1) is 8.63. The Labute approximate surface area is 107 Å². The summed E-state index contributed by atoms with van der Waals surface area (Å²) >= 11 is 0. The van der Waals surface area contributed by atoms with E-state index in [0.717, 1.165) is 12.8 Å². The third kappa shape index (κ3) is 5.46. The van der Waals surface area contributed by atoms with E-state index in [4.69, 9.17) is 10.2 Å². The summed E-state index contributed by atoms with van der Waals surface area (Å²) in [6, 6.07) is 0.418. The Kier molecular flexibility index (Phi) is 6.67. The van der Waals surface area contributed by atoms with E-state index in [1.54, 1.807) is 0 Å². The number of hydrogen-bond donors (Lipinski definition) is 3. The van der Waals surface area contributed by atoms with Gasteiger partial charge in [-0.3, -0.25) is 14.5 Å². The van der Waals surface area contributed by atoms with Gasteiger partial charge in [0.05, 0.1) is 13.2 Å². The summed E-state index contributed by atoms with van der Waals surface area (Å²) in [6.45, 7) is 1.26. The van der Waals surface area contributed by atoms with E-state index in [1.807, 2.05) is 4.90 Å². The van der Waals surface area contributed by atoms with Crippen molar-refractivity contribution in [1.82, 2.24) is 10.2 Å². The van der Waals surface area contributed by atoms with Crippen LogP contribution in [0.1, 0.15) is 32.1 Å². The highest BCUT2D eigenvalue weighted by atomic mass is 16.4. The molecule has 104 valence electrons. The van der Waals surface area contributed by atoms with Crippen molar-refractivity contribution in [3.63, 3.8) is 0 Å². The molecule has 0 unspecified atom stereocenters. The lowest BCUT2D eigenvalue weighted by Gasteiger charge is -2.36. The van der Waals surface area contributed by atoms with Crippen LogP contribution >= 0.6 is 0 Å². The van der Waals surface area contributed by atoms with Gasteiger partial charge < -0.3 is 15.5 Å². The number of carbonyl (C=O) groups excluding carboxylic acids is 1. The summed E-state index contributed by atoms with van der Waals surface area (Å²) in [6.07, 6.45) is 3.89. The maximum absolute atomic E-state index is 11.6. The molecule has 3 N–H and O–H groups in total. The van der Waals surface area contributed by atoms with Crippen LogP contribution in [0.2, 0.25) is 0 Å². The molecule has 0 aromatic rings. The van der Waals surface area contributed by atoms with Gasteiger partial charge in [-0.15, -0.1) is 0 Å². The van der Waals surface area contributed by atoms with Crippen LogP contribution in [0.3, 0.4) is 0 Å². The SMILES string of the molecule is O=C(O)CCCNC(=O)CN(CCO)C1CCC1. The van der Waals surface area contributed by atoms with Gasteiger partial charge in [0.2, 0.25) is 5.91 Å². The molecule has 0 saturated heterocycles. The fourth-order valence-electron chi connectivity index (χ4n) is 1.98. The highest BCUT2D eigenvalue weighted by Crippen LogP contribution is 2.24. The first-order valence-electron chi connectivity index (χ1n) is 6.47. The first-order valence-corrected chi connectivity index (χ1v) is 6.47. The van der Waals surface area contributed by atoms with Gasteiger partial charge in [0, 0.05) is 25.6 Å². The van der Waals surface area contributed by atoms with E-state index >= 15 is 0 Å². The predicted octanol–water partition coefficient (Wildman–Crippen LogP) is -0.186. The largest absolute Gasteiger partial charge is 0.481 e. The number of aliphatic carboxylic acids is 1. The number of nitrogens with zero attached hydrogens (tertiary/aromatic N) is 1. The van der Waals surface area contributed by atoms with Crippen LogP contribution < -0.4 is 5.32 Å². The predicted molar refractivity (Wildman–Crippen MR) is 66.2 cm³/mol. The average Bonchev–Trinajstić information content (AvgIpc) is 2.22. The molecule has 1 aliphatic rings. The van der Waals surface area contributed by atoms with Gasteiger partial charge in [-0.1, -0.05) is 6.42 Å². The number of aliphatic hydroxyl groups excluding tert-OH is 1. The summed E-state index contributed by atoms with van der Waals surface area (Å²) < 4.78 is 0. The molecule has 0 heterocycles. The van der Waals surface area contributed by atoms with Crippen LogP contribution in [0.5, 0.6) is 0 Å². The monoisotopic (exact) mass is 258 g/mol. The second kappa shape index (κ2) is 8.05. The molecule has 6 nitrogen and oxygen atoms in total. The third-order valence-electron chi connectivity index (χ3n) is 3.21. The van der Waals surface area contributed by atoms with Crippen molar-refractivity contribution in [1.29, 1.82) is 0 Å². The second-order valence-electron chi connectivity index (χ2n) is 4.63. The van der Waals surface area contributed by atoms with Gasteiger partial charge in [-0.25, -0.2) is 0 Å². The Hall–Kier alpha value is -1.14. The summed E-state index contributed by atoms with van der Waals surface area (Å²) in [5.74, 6) is -0.943. The van der Waals surface area contributed by atoms with Gasteiger partial charge in [-0.2, -0.15) is 0 Å². The lowest BCUT2D eigenvalue weighted by molar-refractivity contribution is -0.137. The molecule has 0 bridgehead atoms. The molecule has 0 aliphatic heterocycles. The maximum Gasteiger partial charge on any atom is 0.303 e. The molecule has 1 fully saturated rings. The number of carboxylic acids is 1. The highest BCUT2D eigenvalue weighted by molar-refractivity contribution is 5.78. The minimum Gasteiger partial charge on any atom is -0.481 e. The molecule has 18 heavy (non-hydrogen) atoms. The van der Waals surface area contributed by atoms with Gasteiger partial charge in [0.15, 0.2) is 0 Å². The minimum atomic E-state index is -0.847. The molecule has 1 rings (SSSR count). The van der Waals surface area contributed by atoms with E-state index in [-0.39, 0.29) is 25.5 Å². The van der Waals surface area contributed by atoms with Crippen molar-refractivity contribution in [2.45, 2.75) is 38.1 Å². The van der Waals surface area contributed by atoms with Crippen molar-refractivity contribution in [3.8, 4) is 0 Å². The van der Waals surface area contributed by atoms with E-state index in [0.29, 0.717) is 25.6 Å². The van der Waals surface area contributed by atoms with Gasteiger partial charge in [-0.05, 0) is 19.3 Å². The fraction of sp³-hybridized carbons (Fsp3) is 0.833. The smallest absolute Gasteiger partial charge is 0.303 e. The summed E-state index contributed by atoms with van der Waals surface area (Å²) in [7, 11) is 0. The van der Waals surface area contributed by atoms with Crippen LogP contribution in [0.25, 0.3) is 0 Å². The van der Waals surface area contributed by atoms with Gasteiger partial charge in [0.25, 0.3) is 0 Å². The number of rotatable bonds is 9. The Morgan fingerprint density at radius 2 is 2.06 bits per heavy atom. The number of hydrogen-bond acceptors (Lipinski definition) is 4. The number of nitrogens with one attached hydrogen (secondary N) is 1. The molecule has 1 saturated carbocycles. The molecule has 0 aromatic heterocycles. The third-order valence-corrected chi connectivity index (χ3v) is 3.21. The summed E-state index contributed by atoms with van der Waals surface area (Å²) in [5, 5.41) is 20.1. The molecule has 0 radical (unpaired) electrons. The van der Waals surface area contributed by atoms with Crippen molar-refractivity contribution in [3.05, 3.63) is 0 Å². The minimum absolute atomic E-state index is 0.0583. The van der Waals surface area contributed by atoms with Crippen molar-refractivity contribution < 1.29 is 19.8 Å². The van der Waals surface area contributed by atoms with Gasteiger partial charge >= 0.3 is 5.97 Å². The Bertz CT molecular complexity index is 279. The van der Waals surface area contributed by atoms with Crippen LogP contribution in [-0.4, -0.2) is 59.3 Å². The van der Waals surface area contributed by atoms with E-state index in [9.17, 15) is 9.59 Å². The Morgan fingerprint density at radius 1 is 1.33 bits per heavy atom. The van der Waals surface area contributed by atoms with Crippen molar-refractivity contribution >= 4 is 11.9 Å². The molecule has 1 aliphatic carbocycles. The molecule has 6 heteroatoms. The fourth-order valence-corrected chi connectivity index (χ4v) is 1.98. The van der Waals surface area contributed by atoms with E-state index in [1.165, 1.54) is 6.42 Å². The van der Waals surface area contributed by atoms with Crippen LogP contribution in [0.15, 0.2) is 0 Å². The quantitative estimate of drug-likeness (QED) is 0.499. The average molecular weight is 258 g/mol. The molecule has 0 atom stereocenters. The van der Waals surface area contributed by atoms with Crippen LogP contribution in [0.4, 0.5) is 0 Å². The lowest BCUT2D eigenvalue weighted by atomic mass is 9.91. The van der Waals surface area contributed by atoms with Crippen LogP contribution in [0, 0.1) is 0 Å².